The van der Waals surface area contributed by atoms with Gasteiger partial charge in [0.1, 0.15) is 12.3 Å². The number of hydrogen-bond acceptors (Lipinski definition) is 7. The molecule has 0 aliphatic rings. The van der Waals surface area contributed by atoms with Crippen LogP contribution in [0, 0.1) is 0 Å². The Morgan fingerprint density at radius 3 is 2.36 bits per heavy atom. The van der Waals surface area contributed by atoms with Crippen LogP contribution in [-0.2, 0) is 20.8 Å². The summed E-state index contributed by atoms with van der Waals surface area (Å²) >= 11 is 1.20. The molecule has 0 N–H and O–H groups in total. The fourth-order valence-corrected chi connectivity index (χ4v) is 4.20. The SMILES string of the molecule is CCCCCOc1ccc(C(=O)N=c2sc3cc(C(=O)OC)ccc3n2CC(=O)OC)cc1. The van der Waals surface area contributed by atoms with Crippen LogP contribution in [0.25, 0.3) is 10.2 Å². The summed E-state index contributed by atoms with van der Waals surface area (Å²) in [7, 11) is 2.60. The van der Waals surface area contributed by atoms with Gasteiger partial charge in [0.05, 0.1) is 36.6 Å². The Balaban J connectivity index is 1.92. The summed E-state index contributed by atoms with van der Waals surface area (Å²) in [6, 6.07) is 11.7. The molecule has 33 heavy (non-hydrogen) atoms. The average Bonchev–Trinajstić information content (AvgIpc) is 3.17. The van der Waals surface area contributed by atoms with E-state index in [-0.39, 0.29) is 6.54 Å². The number of benzene rings is 2. The van der Waals surface area contributed by atoms with Crippen molar-refractivity contribution in [1.29, 1.82) is 0 Å². The van der Waals surface area contributed by atoms with Gasteiger partial charge in [-0.25, -0.2) is 4.79 Å². The number of unbranched alkanes of at least 4 members (excludes halogenated alkanes) is 2. The van der Waals surface area contributed by atoms with E-state index in [1.807, 2.05) is 0 Å². The lowest BCUT2D eigenvalue weighted by Gasteiger charge is -2.06. The number of hydrogen-bond donors (Lipinski definition) is 0. The molecule has 174 valence electrons. The molecule has 0 radical (unpaired) electrons. The number of nitrogens with zero attached hydrogens (tertiary/aromatic N) is 2. The summed E-state index contributed by atoms with van der Waals surface area (Å²) in [6.45, 7) is 2.65. The fraction of sp³-hybridized carbons (Fsp3) is 0.333. The van der Waals surface area contributed by atoms with E-state index in [2.05, 4.69) is 11.9 Å². The molecule has 1 aromatic heterocycles. The Kier molecular flexibility index (Phi) is 8.37. The Bertz CT molecular complexity index is 1210. The molecule has 8 nitrogen and oxygen atoms in total. The van der Waals surface area contributed by atoms with Crippen molar-refractivity contribution in [3.63, 3.8) is 0 Å². The standard InChI is InChI=1S/C24H26N2O6S/c1-4-5-6-13-32-18-10-7-16(8-11-18)22(28)25-24-26(15-21(27)30-2)19-12-9-17(23(29)31-3)14-20(19)33-24/h7-12,14H,4-6,13,15H2,1-3H3. The molecule has 9 heteroatoms. The zero-order valence-electron chi connectivity index (χ0n) is 18.8. The molecule has 0 saturated carbocycles. The van der Waals surface area contributed by atoms with Crippen molar-refractivity contribution in [2.24, 2.45) is 4.99 Å². The minimum atomic E-state index is -0.481. The van der Waals surface area contributed by atoms with Gasteiger partial charge in [-0.1, -0.05) is 31.1 Å². The molecule has 0 spiro atoms. The van der Waals surface area contributed by atoms with E-state index in [1.165, 1.54) is 25.6 Å². The van der Waals surface area contributed by atoms with Crippen LogP contribution in [0.1, 0.15) is 46.9 Å². The summed E-state index contributed by atoms with van der Waals surface area (Å²) in [5.74, 6) is -0.715. The van der Waals surface area contributed by atoms with Crippen LogP contribution in [0.3, 0.4) is 0 Å². The molecule has 0 atom stereocenters. The molecule has 2 aromatic carbocycles. The van der Waals surface area contributed by atoms with Crippen LogP contribution in [0.2, 0.25) is 0 Å². The number of carbonyl (C=O) groups is 3. The van der Waals surface area contributed by atoms with Gasteiger partial charge in [0.15, 0.2) is 4.80 Å². The summed E-state index contributed by atoms with van der Waals surface area (Å²) in [4.78, 5) is 41.2. The zero-order chi connectivity index (χ0) is 23.8. The van der Waals surface area contributed by atoms with Crippen LogP contribution in [0.5, 0.6) is 5.75 Å². The van der Waals surface area contributed by atoms with E-state index in [1.54, 1.807) is 47.0 Å². The molecule has 0 saturated heterocycles. The molecular weight excluding hydrogens is 444 g/mol. The predicted molar refractivity (Wildman–Crippen MR) is 125 cm³/mol. The number of methoxy groups -OCH3 is 2. The van der Waals surface area contributed by atoms with Crippen molar-refractivity contribution in [1.82, 2.24) is 4.57 Å². The van der Waals surface area contributed by atoms with Gasteiger partial charge >= 0.3 is 11.9 Å². The van der Waals surface area contributed by atoms with Gasteiger partial charge in [0.2, 0.25) is 0 Å². The number of aromatic nitrogens is 1. The van der Waals surface area contributed by atoms with Gasteiger partial charge in [0, 0.05) is 5.56 Å². The molecule has 3 rings (SSSR count). The van der Waals surface area contributed by atoms with Crippen LogP contribution in [-0.4, -0.2) is 43.2 Å². The van der Waals surface area contributed by atoms with Gasteiger partial charge in [0.25, 0.3) is 5.91 Å². The molecule has 0 bridgehead atoms. The first-order valence-corrected chi connectivity index (χ1v) is 11.4. The smallest absolute Gasteiger partial charge is 0.337 e. The highest BCUT2D eigenvalue weighted by atomic mass is 32.1. The number of ether oxygens (including phenoxy) is 3. The van der Waals surface area contributed by atoms with E-state index in [0.29, 0.717) is 38.5 Å². The third-order valence-corrected chi connectivity index (χ3v) is 5.97. The van der Waals surface area contributed by atoms with Crippen molar-refractivity contribution in [3.05, 3.63) is 58.4 Å². The lowest BCUT2D eigenvalue weighted by atomic mass is 10.2. The largest absolute Gasteiger partial charge is 0.494 e. The Hall–Kier alpha value is -3.46. The lowest BCUT2D eigenvalue weighted by molar-refractivity contribution is -0.141. The van der Waals surface area contributed by atoms with Gasteiger partial charge in [-0.15, -0.1) is 0 Å². The first-order chi connectivity index (χ1) is 16.0. The molecule has 1 heterocycles. The maximum Gasteiger partial charge on any atom is 0.337 e. The second-order valence-corrected chi connectivity index (χ2v) is 8.23. The highest BCUT2D eigenvalue weighted by Gasteiger charge is 2.15. The highest BCUT2D eigenvalue weighted by molar-refractivity contribution is 7.16. The Morgan fingerprint density at radius 2 is 1.70 bits per heavy atom. The number of thiazole rings is 1. The van der Waals surface area contributed by atoms with Crippen LogP contribution in [0.4, 0.5) is 0 Å². The fourth-order valence-electron chi connectivity index (χ4n) is 3.14. The second kappa shape index (κ2) is 11.4. The monoisotopic (exact) mass is 470 g/mol. The maximum atomic E-state index is 12.8. The Morgan fingerprint density at radius 1 is 0.970 bits per heavy atom. The summed E-state index contributed by atoms with van der Waals surface area (Å²) in [6.07, 6.45) is 3.21. The molecular formula is C24H26N2O6S. The van der Waals surface area contributed by atoms with Crippen LogP contribution < -0.4 is 9.54 Å². The number of carbonyl (C=O) groups excluding carboxylic acids is 3. The van der Waals surface area contributed by atoms with Gasteiger partial charge < -0.3 is 18.8 Å². The maximum absolute atomic E-state index is 12.8. The van der Waals surface area contributed by atoms with E-state index < -0.39 is 17.8 Å². The molecule has 3 aromatic rings. The number of rotatable bonds is 9. The predicted octanol–water partition coefficient (Wildman–Crippen LogP) is 3.97. The molecule has 0 unspecified atom stereocenters. The van der Waals surface area contributed by atoms with E-state index in [4.69, 9.17) is 14.2 Å². The van der Waals surface area contributed by atoms with Crippen molar-refractivity contribution in [2.45, 2.75) is 32.7 Å². The minimum Gasteiger partial charge on any atom is -0.494 e. The van der Waals surface area contributed by atoms with Crippen LogP contribution >= 0.6 is 11.3 Å². The lowest BCUT2D eigenvalue weighted by Crippen LogP contribution is -2.22. The minimum absolute atomic E-state index is 0.120. The van der Waals surface area contributed by atoms with Crippen LogP contribution in [0.15, 0.2) is 47.5 Å². The molecule has 1 amide bonds. The molecule has 0 aliphatic heterocycles. The van der Waals surface area contributed by atoms with Crippen molar-refractivity contribution >= 4 is 39.4 Å². The first-order valence-electron chi connectivity index (χ1n) is 10.6. The third kappa shape index (κ3) is 6.07. The average molecular weight is 471 g/mol. The normalized spacial score (nSPS) is 11.4. The molecule has 0 fully saturated rings. The van der Waals surface area contributed by atoms with E-state index >= 15 is 0 Å². The van der Waals surface area contributed by atoms with E-state index in [0.717, 1.165) is 19.3 Å². The Labute approximate surface area is 195 Å². The quantitative estimate of drug-likeness (QED) is 0.347. The van der Waals surface area contributed by atoms with Gasteiger partial charge in [-0.2, -0.15) is 4.99 Å². The highest BCUT2D eigenvalue weighted by Crippen LogP contribution is 2.20. The first kappa shape index (κ1) is 24.2. The third-order valence-electron chi connectivity index (χ3n) is 4.93. The second-order valence-electron chi connectivity index (χ2n) is 7.22. The number of amides is 1. The summed E-state index contributed by atoms with van der Waals surface area (Å²) in [5, 5.41) is 0. The van der Waals surface area contributed by atoms with Gasteiger partial charge in [-0.05, 0) is 48.9 Å². The van der Waals surface area contributed by atoms with Gasteiger partial charge in [-0.3, -0.25) is 9.59 Å². The van der Waals surface area contributed by atoms with E-state index in [9.17, 15) is 14.4 Å². The van der Waals surface area contributed by atoms with Crippen molar-refractivity contribution < 1.29 is 28.6 Å². The topological polar surface area (TPSA) is 96.2 Å². The summed E-state index contributed by atoms with van der Waals surface area (Å²) in [5.41, 5.74) is 1.41. The summed E-state index contributed by atoms with van der Waals surface area (Å²) < 4.78 is 17.5. The molecule has 0 aliphatic carbocycles. The zero-order valence-corrected chi connectivity index (χ0v) is 19.6. The number of esters is 2. The van der Waals surface area contributed by atoms with Crippen molar-refractivity contribution in [3.8, 4) is 5.75 Å². The van der Waals surface area contributed by atoms with Crippen molar-refractivity contribution in [2.75, 3.05) is 20.8 Å². The number of fused-ring (bicyclic) bond motifs is 1.